The van der Waals surface area contributed by atoms with Gasteiger partial charge in [0.15, 0.2) is 5.56 Å². The minimum atomic E-state index is -0.417. The molecule has 0 spiro atoms. The van der Waals surface area contributed by atoms with Crippen LogP contribution in [-0.4, -0.2) is 22.6 Å². The van der Waals surface area contributed by atoms with Gasteiger partial charge in [-0.3, -0.25) is 0 Å². The van der Waals surface area contributed by atoms with Gasteiger partial charge in [0.25, 0.3) is 0 Å². The summed E-state index contributed by atoms with van der Waals surface area (Å²) in [7, 11) is 1.31. The normalized spacial score (nSPS) is 9.68. The lowest BCUT2D eigenvalue weighted by Crippen LogP contribution is -2.00. The van der Waals surface area contributed by atoms with Crippen molar-refractivity contribution in [3.63, 3.8) is 0 Å². The molecule has 0 amide bonds. The molecule has 1 heterocycles. The summed E-state index contributed by atoms with van der Waals surface area (Å²) in [6.07, 6.45) is 0. The fourth-order valence-electron chi connectivity index (χ4n) is 1.41. The van der Waals surface area contributed by atoms with Crippen molar-refractivity contribution in [2.75, 3.05) is 12.4 Å². The number of carbonyl (C=O) groups excluding carboxylic acids is 1. The van der Waals surface area contributed by atoms with Crippen LogP contribution < -0.4 is 5.32 Å². The molecule has 0 saturated carbocycles. The summed E-state index contributed by atoms with van der Waals surface area (Å²) < 4.78 is 8.27. The number of methoxy groups -OCH3 is 1. The summed E-state index contributed by atoms with van der Waals surface area (Å²) in [6, 6.07) is 8.40. The van der Waals surface area contributed by atoms with Crippen molar-refractivity contribution < 1.29 is 14.6 Å². The van der Waals surface area contributed by atoms with E-state index in [1.165, 1.54) is 7.11 Å². The van der Waals surface area contributed by atoms with Crippen molar-refractivity contribution in [1.29, 1.82) is 5.26 Å². The van der Waals surface area contributed by atoms with E-state index in [0.29, 0.717) is 16.3 Å². The Kier molecular flexibility index (Phi) is 3.63. The van der Waals surface area contributed by atoms with Gasteiger partial charge in [0, 0.05) is 5.69 Å². The molecule has 6 nitrogen and oxygen atoms in total. The summed E-state index contributed by atoms with van der Waals surface area (Å²) >= 11 is 0.985. The minimum absolute atomic E-state index is 0.0991. The Morgan fingerprint density at radius 2 is 2.16 bits per heavy atom. The molecule has 0 radical (unpaired) electrons. The van der Waals surface area contributed by atoms with Crippen LogP contribution in [0.15, 0.2) is 24.3 Å². The van der Waals surface area contributed by atoms with Crippen molar-refractivity contribution in [3.8, 4) is 11.9 Å². The maximum Gasteiger partial charge on any atom is 0.337 e. The Bertz CT molecular complexity index is 643. The molecule has 0 saturated heterocycles. The molecule has 0 fully saturated rings. The Morgan fingerprint density at radius 3 is 2.74 bits per heavy atom. The van der Waals surface area contributed by atoms with Gasteiger partial charge in [0.1, 0.15) is 11.1 Å². The molecule has 1 aromatic carbocycles. The van der Waals surface area contributed by atoms with Gasteiger partial charge in [-0.05, 0) is 35.8 Å². The Hall–Kier alpha value is -2.59. The van der Waals surface area contributed by atoms with Crippen molar-refractivity contribution in [2.45, 2.75) is 0 Å². The van der Waals surface area contributed by atoms with E-state index in [0.717, 1.165) is 11.5 Å². The molecule has 0 aliphatic rings. The van der Waals surface area contributed by atoms with E-state index in [9.17, 15) is 9.90 Å². The van der Waals surface area contributed by atoms with Crippen LogP contribution in [0.2, 0.25) is 0 Å². The highest BCUT2D eigenvalue weighted by Crippen LogP contribution is 2.31. The molecule has 2 aromatic rings. The summed E-state index contributed by atoms with van der Waals surface area (Å²) in [5, 5.41) is 21.6. The van der Waals surface area contributed by atoms with Crippen molar-refractivity contribution >= 4 is 28.2 Å². The number of carbonyl (C=O) groups is 1. The zero-order valence-electron chi connectivity index (χ0n) is 9.88. The van der Waals surface area contributed by atoms with Gasteiger partial charge < -0.3 is 15.2 Å². The third-order valence-electron chi connectivity index (χ3n) is 2.35. The summed E-state index contributed by atoms with van der Waals surface area (Å²) in [6.45, 7) is 0. The predicted molar refractivity (Wildman–Crippen MR) is 69.6 cm³/mol. The first-order valence-corrected chi connectivity index (χ1v) is 5.97. The number of nitrogens with one attached hydrogen (secondary N) is 1. The standard InChI is InChI=1S/C12H9N3O3S/c1-18-12(17)7-2-4-8(5-3-7)14-11-9(6-13)10(16)15-19-11/h2-5,14H,1H3,(H,15,16). The van der Waals surface area contributed by atoms with Gasteiger partial charge >= 0.3 is 5.97 Å². The van der Waals surface area contributed by atoms with Crippen LogP contribution in [0.4, 0.5) is 10.7 Å². The average molecular weight is 275 g/mol. The van der Waals surface area contributed by atoms with E-state index in [1.807, 2.05) is 6.07 Å². The molecule has 0 aliphatic carbocycles. The van der Waals surface area contributed by atoms with Gasteiger partial charge in [-0.25, -0.2) is 4.79 Å². The van der Waals surface area contributed by atoms with Crippen molar-refractivity contribution in [1.82, 2.24) is 4.37 Å². The molecule has 2 rings (SSSR count). The molecule has 0 atom stereocenters. The fourth-order valence-corrected chi connectivity index (χ4v) is 2.07. The highest BCUT2D eigenvalue weighted by atomic mass is 32.1. The number of benzene rings is 1. The van der Waals surface area contributed by atoms with E-state index < -0.39 is 5.97 Å². The number of nitrogens with zero attached hydrogens (tertiary/aromatic N) is 2. The Labute approximate surface area is 113 Å². The van der Waals surface area contributed by atoms with E-state index in [1.54, 1.807) is 24.3 Å². The summed E-state index contributed by atoms with van der Waals surface area (Å²) in [4.78, 5) is 11.3. The lowest BCUT2D eigenvalue weighted by atomic mass is 10.2. The highest BCUT2D eigenvalue weighted by Gasteiger charge is 2.12. The van der Waals surface area contributed by atoms with Crippen LogP contribution >= 0.6 is 11.5 Å². The van der Waals surface area contributed by atoms with Crippen LogP contribution in [0.3, 0.4) is 0 Å². The van der Waals surface area contributed by atoms with E-state index >= 15 is 0 Å². The average Bonchev–Trinajstić information content (AvgIpc) is 2.79. The number of anilines is 2. The first-order valence-electron chi connectivity index (χ1n) is 5.20. The number of esters is 1. The third kappa shape index (κ3) is 2.64. The summed E-state index contributed by atoms with van der Waals surface area (Å²) in [5.41, 5.74) is 1.20. The van der Waals surface area contributed by atoms with Crippen LogP contribution in [0.25, 0.3) is 0 Å². The number of rotatable bonds is 3. The third-order valence-corrected chi connectivity index (χ3v) is 3.10. The molecular weight excluding hydrogens is 266 g/mol. The van der Waals surface area contributed by atoms with Gasteiger partial charge in [-0.2, -0.15) is 9.64 Å². The monoisotopic (exact) mass is 275 g/mol. The molecule has 0 unspecified atom stereocenters. The van der Waals surface area contributed by atoms with Gasteiger partial charge in [0.2, 0.25) is 5.88 Å². The van der Waals surface area contributed by atoms with Crippen LogP contribution in [0.5, 0.6) is 5.88 Å². The van der Waals surface area contributed by atoms with Gasteiger partial charge in [-0.15, -0.1) is 0 Å². The first-order chi connectivity index (χ1) is 9.15. The highest BCUT2D eigenvalue weighted by molar-refractivity contribution is 7.10. The van der Waals surface area contributed by atoms with E-state index in [4.69, 9.17) is 5.26 Å². The molecule has 0 aliphatic heterocycles. The molecule has 19 heavy (non-hydrogen) atoms. The molecule has 0 bridgehead atoms. The second kappa shape index (κ2) is 5.37. The Morgan fingerprint density at radius 1 is 1.47 bits per heavy atom. The smallest absolute Gasteiger partial charge is 0.337 e. The molecule has 7 heteroatoms. The maximum atomic E-state index is 11.3. The SMILES string of the molecule is COC(=O)c1ccc(Nc2snc(O)c2C#N)cc1. The molecule has 96 valence electrons. The fraction of sp³-hybridized carbons (Fsp3) is 0.0833. The first kappa shape index (κ1) is 12.9. The lowest BCUT2D eigenvalue weighted by Gasteiger charge is -2.04. The maximum absolute atomic E-state index is 11.3. The minimum Gasteiger partial charge on any atom is -0.492 e. The summed E-state index contributed by atoms with van der Waals surface area (Å²) in [5.74, 6) is -0.708. The van der Waals surface area contributed by atoms with Crippen LogP contribution in [0, 0.1) is 11.3 Å². The van der Waals surface area contributed by atoms with Gasteiger partial charge in [0.05, 0.1) is 12.7 Å². The van der Waals surface area contributed by atoms with Crippen molar-refractivity contribution in [3.05, 3.63) is 35.4 Å². The van der Waals surface area contributed by atoms with E-state index in [2.05, 4.69) is 14.4 Å². The number of ether oxygens (including phenoxy) is 1. The predicted octanol–water partition coefficient (Wildman–Crippen LogP) is 2.25. The quantitative estimate of drug-likeness (QED) is 0.834. The van der Waals surface area contributed by atoms with Gasteiger partial charge in [-0.1, -0.05) is 0 Å². The molecule has 2 N–H and O–H groups in total. The molecule has 1 aromatic heterocycles. The second-order valence-corrected chi connectivity index (χ2v) is 4.29. The number of hydrogen-bond donors (Lipinski definition) is 2. The number of nitriles is 1. The Balaban J connectivity index is 2.20. The number of aromatic nitrogens is 1. The van der Waals surface area contributed by atoms with Crippen molar-refractivity contribution in [2.24, 2.45) is 0 Å². The van der Waals surface area contributed by atoms with Crippen LogP contribution in [0.1, 0.15) is 15.9 Å². The number of hydrogen-bond acceptors (Lipinski definition) is 7. The topological polar surface area (TPSA) is 95.2 Å². The largest absolute Gasteiger partial charge is 0.492 e. The van der Waals surface area contributed by atoms with E-state index in [-0.39, 0.29) is 11.4 Å². The number of aromatic hydroxyl groups is 1. The zero-order chi connectivity index (χ0) is 13.8. The lowest BCUT2D eigenvalue weighted by molar-refractivity contribution is 0.0601. The zero-order valence-corrected chi connectivity index (χ0v) is 10.7. The van der Waals surface area contributed by atoms with Crippen LogP contribution in [-0.2, 0) is 4.74 Å². The second-order valence-electron chi connectivity index (χ2n) is 3.52. The molecular formula is C12H9N3O3S.